The number of carbonyl (C=O) groups excluding carboxylic acids is 1. The topological polar surface area (TPSA) is 70.6 Å². The standard InChI is InChI=1S/C19H28N2O3/c1-24-13-16(22)8-10-20-18(23)21-12-15-11-19(15)9-4-6-14-5-2-3-7-17(14)19/h2-3,5,7,15-16,22H,4,6,8-13H2,1H3,(H2,20,21,23). The van der Waals surface area contributed by atoms with Crippen LogP contribution in [0.15, 0.2) is 24.3 Å². The van der Waals surface area contributed by atoms with Gasteiger partial charge in [-0.3, -0.25) is 0 Å². The summed E-state index contributed by atoms with van der Waals surface area (Å²) < 4.78 is 4.86. The van der Waals surface area contributed by atoms with Gasteiger partial charge in [0.1, 0.15) is 0 Å². The number of benzene rings is 1. The van der Waals surface area contributed by atoms with Crippen LogP contribution in [0.25, 0.3) is 0 Å². The SMILES string of the molecule is COCC(O)CCNC(=O)NCC1CC12CCCc1ccccc12. The van der Waals surface area contributed by atoms with Gasteiger partial charge in [0.05, 0.1) is 12.7 Å². The fourth-order valence-corrected chi connectivity index (χ4v) is 4.14. The molecule has 0 radical (unpaired) electrons. The van der Waals surface area contributed by atoms with Gasteiger partial charge in [0.15, 0.2) is 0 Å². The number of aryl methyl sites for hydroxylation is 1. The molecule has 3 N–H and O–H groups in total. The molecule has 3 unspecified atom stereocenters. The molecular weight excluding hydrogens is 304 g/mol. The normalized spacial score (nSPS) is 25.8. The molecule has 3 atom stereocenters. The molecule has 2 aliphatic carbocycles. The van der Waals surface area contributed by atoms with Gasteiger partial charge >= 0.3 is 6.03 Å². The van der Waals surface area contributed by atoms with Gasteiger partial charge in [-0.2, -0.15) is 0 Å². The second kappa shape index (κ2) is 7.53. The van der Waals surface area contributed by atoms with E-state index in [1.165, 1.54) is 36.8 Å². The lowest BCUT2D eigenvalue weighted by Crippen LogP contribution is -2.39. The molecule has 1 aromatic carbocycles. The number of amides is 2. The number of methoxy groups -OCH3 is 1. The van der Waals surface area contributed by atoms with Crippen LogP contribution >= 0.6 is 0 Å². The van der Waals surface area contributed by atoms with Crippen LogP contribution in [0.1, 0.15) is 36.8 Å². The number of hydrogen-bond donors (Lipinski definition) is 3. The predicted octanol–water partition coefficient (Wildman–Crippen LogP) is 1.98. The minimum atomic E-state index is -0.527. The third-order valence-corrected chi connectivity index (χ3v) is 5.49. The quantitative estimate of drug-likeness (QED) is 0.715. The lowest BCUT2D eigenvalue weighted by atomic mass is 9.78. The van der Waals surface area contributed by atoms with Crippen LogP contribution in [-0.2, 0) is 16.6 Å². The summed E-state index contributed by atoms with van der Waals surface area (Å²) >= 11 is 0. The van der Waals surface area contributed by atoms with Gasteiger partial charge in [-0.25, -0.2) is 4.79 Å². The molecule has 0 saturated heterocycles. The number of aliphatic hydroxyl groups excluding tert-OH is 1. The molecule has 2 amide bonds. The number of urea groups is 1. The van der Waals surface area contributed by atoms with Crippen LogP contribution in [0, 0.1) is 5.92 Å². The largest absolute Gasteiger partial charge is 0.391 e. The fourth-order valence-electron chi connectivity index (χ4n) is 4.14. The predicted molar refractivity (Wildman–Crippen MR) is 93.1 cm³/mol. The Morgan fingerprint density at radius 1 is 1.42 bits per heavy atom. The molecule has 5 heteroatoms. The molecule has 2 aliphatic rings. The number of carbonyl (C=O) groups is 1. The number of aliphatic hydroxyl groups is 1. The van der Waals surface area contributed by atoms with Crippen molar-refractivity contribution < 1.29 is 14.6 Å². The van der Waals surface area contributed by atoms with Gasteiger partial charge in [-0.1, -0.05) is 24.3 Å². The maximum Gasteiger partial charge on any atom is 0.314 e. The lowest BCUT2D eigenvalue weighted by molar-refractivity contribution is 0.0598. The van der Waals surface area contributed by atoms with Crippen molar-refractivity contribution in [3.05, 3.63) is 35.4 Å². The van der Waals surface area contributed by atoms with E-state index in [2.05, 4.69) is 34.9 Å². The summed E-state index contributed by atoms with van der Waals surface area (Å²) in [5.74, 6) is 0.545. The van der Waals surface area contributed by atoms with Gasteiger partial charge < -0.3 is 20.5 Å². The average Bonchev–Trinajstić information content (AvgIpc) is 3.27. The van der Waals surface area contributed by atoms with E-state index in [9.17, 15) is 9.90 Å². The van der Waals surface area contributed by atoms with E-state index in [1.54, 1.807) is 7.11 Å². The van der Waals surface area contributed by atoms with Gasteiger partial charge in [-0.05, 0) is 49.1 Å². The Morgan fingerprint density at radius 2 is 2.25 bits per heavy atom. The van der Waals surface area contributed by atoms with Crippen molar-refractivity contribution in [2.45, 2.75) is 43.6 Å². The zero-order chi connectivity index (χ0) is 17.0. The average molecular weight is 332 g/mol. The van der Waals surface area contributed by atoms with Crippen LogP contribution in [0.5, 0.6) is 0 Å². The summed E-state index contributed by atoms with van der Waals surface area (Å²) in [5, 5.41) is 15.3. The van der Waals surface area contributed by atoms with Crippen molar-refractivity contribution in [1.29, 1.82) is 0 Å². The summed E-state index contributed by atoms with van der Waals surface area (Å²) in [6.45, 7) is 1.48. The van der Waals surface area contributed by atoms with Crippen molar-refractivity contribution in [2.24, 2.45) is 5.92 Å². The first-order chi connectivity index (χ1) is 11.7. The molecule has 1 saturated carbocycles. The number of fused-ring (bicyclic) bond motifs is 2. The molecule has 0 bridgehead atoms. The molecule has 0 aromatic heterocycles. The summed E-state index contributed by atoms with van der Waals surface area (Å²) in [5.41, 5.74) is 3.30. The Labute approximate surface area is 143 Å². The number of ether oxygens (including phenoxy) is 1. The molecule has 132 valence electrons. The molecule has 5 nitrogen and oxygen atoms in total. The zero-order valence-corrected chi connectivity index (χ0v) is 14.4. The second-order valence-electron chi connectivity index (χ2n) is 7.10. The van der Waals surface area contributed by atoms with Crippen molar-refractivity contribution >= 4 is 6.03 Å². The smallest absolute Gasteiger partial charge is 0.314 e. The third kappa shape index (κ3) is 3.73. The van der Waals surface area contributed by atoms with Gasteiger partial charge in [0.2, 0.25) is 0 Å². The highest BCUT2D eigenvalue weighted by Gasteiger charge is 2.56. The number of nitrogens with one attached hydrogen (secondary N) is 2. The minimum absolute atomic E-state index is 0.147. The van der Waals surface area contributed by atoms with E-state index < -0.39 is 6.10 Å². The highest BCUT2D eigenvalue weighted by Crippen LogP contribution is 2.59. The van der Waals surface area contributed by atoms with Crippen LogP contribution in [0.3, 0.4) is 0 Å². The number of hydrogen-bond acceptors (Lipinski definition) is 3. The Bertz CT molecular complexity index is 577. The van der Waals surface area contributed by atoms with Gasteiger partial charge in [0.25, 0.3) is 0 Å². The first-order valence-corrected chi connectivity index (χ1v) is 8.93. The molecule has 1 spiro atoms. The van der Waals surface area contributed by atoms with Crippen molar-refractivity contribution in [3.8, 4) is 0 Å². The van der Waals surface area contributed by atoms with Gasteiger partial charge in [0, 0.05) is 25.6 Å². The van der Waals surface area contributed by atoms with Gasteiger partial charge in [-0.15, -0.1) is 0 Å². The summed E-state index contributed by atoms with van der Waals surface area (Å²) in [7, 11) is 1.55. The van der Waals surface area contributed by atoms with E-state index >= 15 is 0 Å². The van der Waals surface area contributed by atoms with Crippen LogP contribution < -0.4 is 10.6 Å². The van der Waals surface area contributed by atoms with Crippen molar-refractivity contribution in [2.75, 3.05) is 26.8 Å². The highest BCUT2D eigenvalue weighted by molar-refractivity contribution is 5.73. The molecule has 1 aromatic rings. The molecule has 0 aliphatic heterocycles. The van der Waals surface area contributed by atoms with E-state index in [1.807, 2.05) is 0 Å². The first kappa shape index (κ1) is 17.2. The maximum atomic E-state index is 11.9. The molecule has 0 heterocycles. The molecule has 24 heavy (non-hydrogen) atoms. The summed E-state index contributed by atoms with van der Waals surface area (Å²) in [6, 6.07) is 8.62. The van der Waals surface area contributed by atoms with E-state index in [4.69, 9.17) is 4.74 Å². The number of rotatable bonds is 7. The molecule has 1 fully saturated rings. The monoisotopic (exact) mass is 332 g/mol. The highest BCUT2D eigenvalue weighted by atomic mass is 16.5. The Kier molecular flexibility index (Phi) is 5.41. The maximum absolute atomic E-state index is 11.9. The second-order valence-corrected chi connectivity index (χ2v) is 7.10. The minimum Gasteiger partial charge on any atom is -0.391 e. The Morgan fingerprint density at radius 3 is 3.08 bits per heavy atom. The lowest BCUT2D eigenvalue weighted by Gasteiger charge is -2.26. The first-order valence-electron chi connectivity index (χ1n) is 8.93. The third-order valence-electron chi connectivity index (χ3n) is 5.49. The Balaban J connectivity index is 1.42. The Hall–Kier alpha value is -1.59. The van der Waals surface area contributed by atoms with Crippen LogP contribution in [0.4, 0.5) is 4.79 Å². The van der Waals surface area contributed by atoms with Crippen molar-refractivity contribution in [1.82, 2.24) is 10.6 Å². The fraction of sp³-hybridized carbons (Fsp3) is 0.632. The van der Waals surface area contributed by atoms with E-state index in [0.717, 1.165) is 6.54 Å². The van der Waals surface area contributed by atoms with Crippen molar-refractivity contribution in [3.63, 3.8) is 0 Å². The van der Waals surface area contributed by atoms with Crippen LogP contribution in [0.2, 0.25) is 0 Å². The van der Waals surface area contributed by atoms with Crippen LogP contribution in [-0.4, -0.2) is 44.0 Å². The molecule has 3 rings (SSSR count). The van der Waals surface area contributed by atoms with E-state index in [-0.39, 0.29) is 6.03 Å². The summed E-state index contributed by atoms with van der Waals surface area (Å²) in [6.07, 6.45) is 4.82. The van der Waals surface area contributed by atoms with E-state index in [0.29, 0.717) is 30.9 Å². The zero-order valence-electron chi connectivity index (χ0n) is 14.4. The molecular formula is C19H28N2O3. The summed E-state index contributed by atoms with van der Waals surface area (Å²) in [4.78, 5) is 11.9.